The Balaban J connectivity index is 2.02. The molecule has 77 valence electrons. The van der Waals surface area contributed by atoms with E-state index in [4.69, 9.17) is 4.74 Å². The van der Waals surface area contributed by atoms with Gasteiger partial charge in [-0.3, -0.25) is 4.79 Å². The van der Waals surface area contributed by atoms with Gasteiger partial charge in [0.2, 0.25) is 0 Å². The lowest BCUT2D eigenvalue weighted by molar-refractivity contribution is -0.143. The normalized spacial score (nSPS) is 10.1. The van der Waals surface area contributed by atoms with Crippen LogP contribution in [-0.4, -0.2) is 22.1 Å². The molecule has 0 saturated carbocycles. The summed E-state index contributed by atoms with van der Waals surface area (Å²) < 4.78 is 6.76. The van der Waals surface area contributed by atoms with E-state index in [0.717, 1.165) is 19.4 Å². The van der Waals surface area contributed by atoms with Crippen molar-refractivity contribution in [1.29, 1.82) is 0 Å². The molecule has 0 N–H and O–H groups in total. The van der Waals surface area contributed by atoms with Crippen LogP contribution in [0.5, 0.6) is 0 Å². The Morgan fingerprint density at radius 2 is 2.43 bits per heavy atom. The fraction of sp³-hybridized carbons (Fsp3) is 0.600. The topological polar surface area (TPSA) is 44.1 Å². The van der Waals surface area contributed by atoms with Gasteiger partial charge in [0.1, 0.15) is 6.20 Å². The molecule has 1 aromatic heterocycles. The molecule has 4 nitrogen and oxygen atoms in total. The number of imidazole rings is 1. The third-order valence-corrected chi connectivity index (χ3v) is 1.86. The first-order valence-electron chi connectivity index (χ1n) is 4.86. The van der Waals surface area contributed by atoms with E-state index >= 15 is 0 Å². The Morgan fingerprint density at radius 1 is 1.57 bits per heavy atom. The second-order valence-electron chi connectivity index (χ2n) is 3.00. The SMILES string of the molecule is CCOC(=O)CCCCn1c[c]nc1. The Bertz CT molecular complexity index is 257. The minimum atomic E-state index is -0.107. The third-order valence-electron chi connectivity index (χ3n) is 1.86. The number of esters is 1. The first-order valence-corrected chi connectivity index (χ1v) is 4.86. The fourth-order valence-corrected chi connectivity index (χ4v) is 1.17. The zero-order chi connectivity index (χ0) is 10.2. The molecule has 0 aliphatic rings. The van der Waals surface area contributed by atoms with Gasteiger partial charge < -0.3 is 9.30 Å². The van der Waals surface area contributed by atoms with E-state index in [9.17, 15) is 4.79 Å². The summed E-state index contributed by atoms with van der Waals surface area (Å²) in [5.41, 5.74) is 0. The maximum atomic E-state index is 11.0. The molecular formula is C10H15N2O2. The van der Waals surface area contributed by atoms with Crippen molar-refractivity contribution in [3.8, 4) is 0 Å². The second kappa shape index (κ2) is 6.18. The van der Waals surface area contributed by atoms with E-state index in [0.29, 0.717) is 13.0 Å². The molecule has 0 fully saturated rings. The van der Waals surface area contributed by atoms with Crippen molar-refractivity contribution in [3.05, 3.63) is 18.7 Å². The molecule has 0 saturated heterocycles. The van der Waals surface area contributed by atoms with Gasteiger partial charge in [-0.15, -0.1) is 0 Å². The molecule has 0 unspecified atom stereocenters. The van der Waals surface area contributed by atoms with Crippen molar-refractivity contribution >= 4 is 5.97 Å². The highest BCUT2D eigenvalue weighted by Gasteiger charge is 2.00. The van der Waals surface area contributed by atoms with Crippen LogP contribution in [0.3, 0.4) is 0 Å². The lowest BCUT2D eigenvalue weighted by atomic mass is 10.2. The molecule has 0 bridgehead atoms. The molecule has 1 rings (SSSR count). The van der Waals surface area contributed by atoms with Crippen LogP contribution in [-0.2, 0) is 16.1 Å². The first kappa shape index (κ1) is 10.8. The van der Waals surface area contributed by atoms with E-state index in [-0.39, 0.29) is 5.97 Å². The molecule has 0 aromatic carbocycles. The predicted molar refractivity (Wildman–Crippen MR) is 51.5 cm³/mol. The minimum Gasteiger partial charge on any atom is -0.466 e. The molecule has 1 heterocycles. The van der Waals surface area contributed by atoms with Gasteiger partial charge in [0, 0.05) is 19.2 Å². The Hall–Kier alpha value is -1.32. The number of hydrogen-bond acceptors (Lipinski definition) is 3. The van der Waals surface area contributed by atoms with Crippen molar-refractivity contribution in [2.45, 2.75) is 32.7 Å². The standard InChI is InChI=1S/C10H15N2O2/c1-2-14-10(13)5-3-4-7-12-8-6-11-9-12/h8-9H,2-5,7H2,1H3. The quantitative estimate of drug-likeness (QED) is 0.509. The second-order valence-corrected chi connectivity index (χ2v) is 3.00. The molecule has 0 atom stereocenters. The van der Waals surface area contributed by atoms with E-state index < -0.39 is 0 Å². The average molecular weight is 195 g/mol. The number of carbonyl (C=O) groups is 1. The van der Waals surface area contributed by atoms with Crippen LogP contribution in [0.15, 0.2) is 12.5 Å². The number of nitrogens with zero attached hydrogens (tertiary/aromatic N) is 2. The highest BCUT2D eigenvalue weighted by atomic mass is 16.5. The van der Waals surface area contributed by atoms with Gasteiger partial charge in [-0.25, -0.2) is 4.98 Å². The van der Waals surface area contributed by atoms with Crippen molar-refractivity contribution in [1.82, 2.24) is 9.55 Å². The van der Waals surface area contributed by atoms with E-state index in [2.05, 4.69) is 11.2 Å². The number of carbonyl (C=O) groups excluding carboxylic acids is 1. The minimum absolute atomic E-state index is 0.107. The molecular weight excluding hydrogens is 180 g/mol. The summed E-state index contributed by atoms with van der Waals surface area (Å²) in [4.78, 5) is 14.8. The van der Waals surface area contributed by atoms with E-state index in [1.807, 2.05) is 11.5 Å². The molecule has 0 aliphatic carbocycles. The van der Waals surface area contributed by atoms with Gasteiger partial charge in [-0.1, -0.05) is 0 Å². The molecule has 1 aromatic rings. The highest BCUT2D eigenvalue weighted by Crippen LogP contribution is 2.00. The lowest BCUT2D eigenvalue weighted by Gasteiger charge is -2.02. The molecule has 14 heavy (non-hydrogen) atoms. The number of unbranched alkanes of at least 4 members (excludes halogenated alkanes) is 1. The molecule has 1 radical (unpaired) electrons. The van der Waals surface area contributed by atoms with E-state index in [1.165, 1.54) is 0 Å². The maximum absolute atomic E-state index is 11.0. The summed E-state index contributed by atoms with van der Waals surface area (Å²) in [5, 5.41) is 0. The van der Waals surface area contributed by atoms with Gasteiger partial charge in [-0.05, 0) is 19.8 Å². The molecule has 4 heteroatoms. The number of hydrogen-bond donors (Lipinski definition) is 0. The van der Waals surface area contributed by atoms with Gasteiger partial charge in [0.25, 0.3) is 0 Å². The summed E-state index contributed by atoms with van der Waals surface area (Å²) in [6.45, 7) is 3.17. The Morgan fingerprint density at radius 3 is 3.07 bits per heavy atom. The number of aryl methyl sites for hydroxylation is 1. The monoisotopic (exact) mass is 195 g/mol. The third kappa shape index (κ3) is 4.07. The van der Waals surface area contributed by atoms with Crippen LogP contribution < -0.4 is 0 Å². The van der Waals surface area contributed by atoms with Crippen molar-refractivity contribution < 1.29 is 9.53 Å². The van der Waals surface area contributed by atoms with E-state index in [1.54, 1.807) is 12.5 Å². The summed E-state index contributed by atoms with van der Waals surface area (Å²) >= 11 is 0. The van der Waals surface area contributed by atoms with Crippen LogP contribution >= 0.6 is 0 Å². The zero-order valence-electron chi connectivity index (χ0n) is 8.40. The average Bonchev–Trinajstić information content (AvgIpc) is 2.65. The summed E-state index contributed by atoms with van der Waals surface area (Å²) in [5.74, 6) is -0.107. The molecule has 0 spiro atoms. The van der Waals surface area contributed by atoms with Crippen LogP contribution in [0.4, 0.5) is 0 Å². The van der Waals surface area contributed by atoms with Crippen molar-refractivity contribution in [2.75, 3.05) is 6.61 Å². The van der Waals surface area contributed by atoms with Gasteiger partial charge in [-0.2, -0.15) is 0 Å². The smallest absolute Gasteiger partial charge is 0.305 e. The van der Waals surface area contributed by atoms with Crippen LogP contribution in [0.1, 0.15) is 26.2 Å². The van der Waals surface area contributed by atoms with Gasteiger partial charge in [0.05, 0.1) is 12.9 Å². The Labute approximate surface area is 83.9 Å². The predicted octanol–water partition coefficient (Wildman–Crippen LogP) is 1.42. The van der Waals surface area contributed by atoms with Crippen LogP contribution in [0, 0.1) is 6.20 Å². The van der Waals surface area contributed by atoms with Crippen LogP contribution in [0.25, 0.3) is 0 Å². The number of ether oxygens (including phenoxy) is 1. The van der Waals surface area contributed by atoms with Crippen molar-refractivity contribution in [3.63, 3.8) is 0 Å². The number of aromatic nitrogens is 2. The van der Waals surface area contributed by atoms with Crippen molar-refractivity contribution in [2.24, 2.45) is 0 Å². The van der Waals surface area contributed by atoms with Gasteiger partial charge in [0.15, 0.2) is 0 Å². The Kier molecular flexibility index (Phi) is 4.75. The maximum Gasteiger partial charge on any atom is 0.305 e. The number of rotatable bonds is 6. The summed E-state index contributed by atoms with van der Waals surface area (Å²) in [7, 11) is 0. The summed E-state index contributed by atoms with van der Waals surface area (Å²) in [6, 6.07) is 0. The molecule has 0 amide bonds. The summed E-state index contributed by atoms with van der Waals surface area (Å²) in [6.07, 6.45) is 8.57. The lowest BCUT2D eigenvalue weighted by Crippen LogP contribution is -2.04. The highest BCUT2D eigenvalue weighted by molar-refractivity contribution is 5.69. The van der Waals surface area contributed by atoms with Gasteiger partial charge >= 0.3 is 5.97 Å². The molecule has 0 aliphatic heterocycles. The largest absolute Gasteiger partial charge is 0.466 e. The van der Waals surface area contributed by atoms with Crippen LogP contribution in [0.2, 0.25) is 0 Å². The first-order chi connectivity index (χ1) is 6.83. The zero-order valence-corrected chi connectivity index (χ0v) is 8.40. The fourth-order valence-electron chi connectivity index (χ4n) is 1.17.